The Morgan fingerprint density at radius 3 is 1.48 bits per heavy atom. The Kier molecular flexibility index (Phi) is 22.4. The minimum atomic E-state index is -1.17. The average molecular weight is 849 g/mol. The van der Waals surface area contributed by atoms with E-state index in [4.69, 9.17) is 11.5 Å². The van der Waals surface area contributed by atoms with Crippen LogP contribution in [0.25, 0.3) is 0 Å². The third-order valence-corrected chi connectivity index (χ3v) is 10.0. The summed E-state index contributed by atoms with van der Waals surface area (Å²) in [6, 6.07) is 11.3. The second kappa shape index (κ2) is 26.5. The fraction of sp³-hybridized carbons (Fsp3) is 0.556. The molecule has 16 nitrogen and oxygen atoms in total. The summed E-state index contributed by atoms with van der Waals surface area (Å²) in [5.74, 6) is -5.44. The first-order valence-corrected chi connectivity index (χ1v) is 21.2. The van der Waals surface area contributed by atoms with Gasteiger partial charge in [-0.2, -0.15) is 0 Å². The zero-order valence-corrected chi connectivity index (χ0v) is 36.8. The second-order valence-corrected chi connectivity index (χ2v) is 16.6. The highest BCUT2D eigenvalue weighted by atomic mass is 16.2. The highest BCUT2D eigenvalue weighted by molar-refractivity contribution is 5.97. The number of primary amides is 1. The van der Waals surface area contributed by atoms with Crippen molar-refractivity contribution in [3.63, 3.8) is 0 Å². The van der Waals surface area contributed by atoms with Crippen LogP contribution in [0, 0.1) is 17.8 Å². The molecule has 61 heavy (non-hydrogen) atoms. The first-order chi connectivity index (χ1) is 28.8. The van der Waals surface area contributed by atoms with Gasteiger partial charge in [0.05, 0.1) is 0 Å². The largest absolute Gasteiger partial charge is 0.368 e. The molecule has 0 aliphatic rings. The van der Waals surface area contributed by atoms with E-state index in [-0.39, 0.29) is 56.1 Å². The van der Waals surface area contributed by atoms with Crippen LogP contribution >= 0.6 is 0 Å². The maximum atomic E-state index is 14.1. The second-order valence-electron chi connectivity index (χ2n) is 16.6. The lowest BCUT2D eigenvalue weighted by atomic mass is 9.98. The van der Waals surface area contributed by atoms with Gasteiger partial charge in [-0.3, -0.25) is 38.4 Å². The van der Waals surface area contributed by atoms with Gasteiger partial charge in [-0.1, -0.05) is 102 Å². The Labute approximate surface area is 360 Å². The molecule has 2 rings (SSSR count). The molecule has 0 radical (unpaired) electrons. The minimum Gasteiger partial charge on any atom is -0.368 e. The van der Waals surface area contributed by atoms with Gasteiger partial charge < -0.3 is 43.4 Å². The molecule has 6 unspecified atom stereocenters. The van der Waals surface area contributed by atoms with Crippen LogP contribution in [0.4, 0.5) is 0 Å². The molecular formula is C45H68N8O8. The van der Waals surface area contributed by atoms with E-state index in [1.165, 1.54) is 6.92 Å². The van der Waals surface area contributed by atoms with Gasteiger partial charge in [0.1, 0.15) is 42.0 Å². The SMILES string of the molecule is CC(=O)NC(CCC(=O)C(C)C)C(=O)NC(CCCCN)C(=O)NC(CC(C)C)C(=O)NC(C(=O)NC(Cc1ccccc1)C(=O)NC(Cc1ccccc1)C(N)=O)C(C)C. The van der Waals surface area contributed by atoms with E-state index in [0.717, 1.165) is 11.1 Å². The maximum Gasteiger partial charge on any atom is 0.243 e. The molecule has 0 saturated carbocycles. The lowest BCUT2D eigenvalue weighted by Gasteiger charge is -2.29. The quantitative estimate of drug-likeness (QED) is 0.0608. The number of benzene rings is 2. The van der Waals surface area contributed by atoms with Crippen LogP contribution in [0.2, 0.25) is 0 Å². The predicted molar refractivity (Wildman–Crippen MR) is 233 cm³/mol. The van der Waals surface area contributed by atoms with Gasteiger partial charge in [0.2, 0.25) is 41.4 Å². The number of nitrogens with two attached hydrogens (primary N) is 2. The van der Waals surface area contributed by atoms with Crippen LogP contribution in [0.15, 0.2) is 60.7 Å². The number of ketones is 1. The first kappa shape index (κ1) is 51.5. The summed E-state index contributed by atoms with van der Waals surface area (Å²) in [7, 11) is 0. The van der Waals surface area contributed by atoms with Gasteiger partial charge in [0, 0.05) is 32.1 Å². The number of hydrogen-bond acceptors (Lipinski definition) is 9. The van der Waals surface area contributed by atoms with Crippen molar-refractivity contribution in [2.45, 2.75) is 136 Å². The zero-order valence-electron chi connectivity index (χ0n) is 36.8. The predicted octanol–water partition coefficient (Wildman–Crippen LogP) is 1.72. The number of carbonyl (C=O) groups excluding carboxylic acids is 8. The van der Waals surface area contributed by atoms with E-state index in [9.17, 15) is 38.4 Å². The van der Waals surface area contributed by atoms with E-state index in [1.807, 2.05) is 26.0 Å². The van der Waals surface area contributed by atoms with Crippen molar-refractivity contribution in [3.8, 4) is 0 Å². The number of Topliss-reactive ketones (excluding diaryl/α,β-unsaturated/α-hetero) is 1. The Morgan fingerprint density at radius 2 is 1.00 bits per heavy atom. The first-order valence-electron chi connectivity index (χ1n) is 21.2. The number of hydrogen-bond donors (Lipinski definition) is 8. The van der Waals surface area contributed by atoms with Gasteiger partial charge in [-0.05, 0) is 61.6 Å². The molecule has 10 N–H and O–H groups in total. The monoisotopic (exact) mass is 849 g/mol. The van der Waals surface area contributed by atoms with E-state index in [2.05, 4.69) is 31.9 Å². The van der Waals surface area contributed by atoms with Crippen molar-refractivity contribution >= 4 is 47.1 Å². The number of carbonyl (C=O) groups is 8. The van der Waals surface area contributed by atoms with E-state index >= 15 is 0 Å². The van der Waals surface area contributed by atoms with Crippen molar-refractivity contribution in [2.75, 3.05) is 6.54 Å². The molecule has 7 amide bonds. The fourth-order valence-electron chi connectivity index (χ4n) is 6.55. The van der Waals surface area contributed by atoms with Crippen molar-refractivity contribution in [2.24, 2.45) is 29.2 Å². The van der Waals surface area contributed by atoms with Gasteiger partial charge >= 0.3 is 0 Å². The third-order valence-electron chi connectivity index (χ3n) is 10.0. The zero-order chi connectivity index (χ0) is 45.6. The van der Waals surface area contributed by atoms with Crippen LogP contribution in [0.3, 0.4) is 0 Å². The van der Waals surface area contributed by atoms with Gasteiger partial charge in [0.15, 0.2) is 0 Å². The molecule has 16 heteroatoms. The van der Waals surface area contributed by atoms with Crippen LogP contribution in [-0.4, -0.2) is 89.9 Å². The highest BCUT2D eigenvalue weighted by Crippen LogP contribution is 2.13. The lowest BCUT2D eigenvalue weighted by molar-refractivity contribution is -0.136. The van der Waals surface area contributed by atoms with E-state index in [0.29, 0.717) is 19.4 Å². The Morgan fingerprint density at radius 1 is 0.541 bits per heavy atom. The Balaban J connectivity index is 2.33. The van der Waals surface area contributed by atoms with E-state index < -0.39 is 83.5 Å². The molecule has 2 aromatic carbocycles. The molecule has 6 atom stereocenters. The van der Waals surface area contributed by atoms with Crippen molar-refractivity contribution in [1.82, 2.24) is 31.9 Å². The smallest absolute Gasteiger partial charge is 0.243 e. The van der Waals surface area contributed by atoms with Crippen LogP contribution in [0.5, 0.6) is 0 Å². The summed E-state index contributed by atoms with van der Waals surface area (Å²) in [6.45, 7) is 12.2. The van der Waals surface area contributed by atoms with Crippen LogP contribution in [-0.2, 0) is 51.2 Å². The Bertz CT molecular complexity index is 1750. The summed E-state index contributed by atoms with van der Waals surface area (Å²) in [4.78, 5) is 106. The molecule has 0 saturated heterocycles. The Hall–Kier alpha value is -5.64. The molecule has 0 aliphatic heterocycles. The van der Waals surface area contributed by atoms with Gasteiger partial charge in [-0.15, -0.1) is 0 Å². The van der Waals surface area contributed by atoms with Gasteiger partial charge in [0.25, 0.3) is 0 Å². The molecule has 0 heterocycles. The molecule has 0 fully saturated rings. The summed E-state index contributed by atoms with van der Waals surface area (Å²) in [6.07, 6.45) is 1.64. The molecular weight excluding hydrogens is 781 g/mol. The summed E-state index contributed by atoms with van der Waals surface area (Å²) < 4.78 is 0. The molecule has 2 aromatic rings. The molecule has 0 spiro atoms. The summed E-state index contributed by atoms with van der Waals surface area (Å²) in [5.41, 5.74) is 12.9. The molecule has 0 bridgehead atoms. The topological polar surface area (TPSA) is 261 Å². The maximum absolute atomic E-state index is 14.1. The highest BCUT2D eigenvalue weighted by Gasteiger charge is 2.34. The van der Waals surface area contributed by atoms with Crippen LogP contribution < -0.4 is 43.4 Å². The fourth-order valence-corrected chi connectivity index (χ4v) is 6.55. The lowest BCUT2D eigenvalue weighted by Crippen LogP contribution is -2.61. The number of amides is 7. The number of nitrogens with one attached hydrogen (secondary N) is 6. The summed E-state index contributed by atoms with van der Waals surface area (Å²) in [5, 5.41) is 16.3. The standard InChI is InChI=1S/C45H68N8O8/c1-27(2)24-36(51-41(57)33(20-14-15-23-46)49-42(58)34(48-30(7)54)21-22-38(55)28(3)4)44(60)53-39(29(5)6)45(61)52-37(26-32-18-12-9-13-19-32)43(59)50-35(40(47)56)25-31-16-10-8-11-17-31/h8-13,16-19,27-29,33-37,39H,14-15,20-26,46H2,1-7H3,(H2,47,56)(H,48,54)(H,49,58)(H,50,59)(H,51,57)(H,52,61)(H,53,60). The van der Waals surface area contributed by atoms with E-state index in [1.54, 1.807) is 76.2 Å². The van der Waals surface area contributed by atoms with Crippen molar-refractivity contribution < 1.29 is 38.4 Å². The molecule has 0 aromatic heterocycles. The van der Waals surface area contributed by atoms with Gasteiger partial charge in [-0.25, -0.2) is 0 Å². The van der Waals surface area contributed by atoms with Crippen molar-refractivity contribution in [3.05, 3.63) is 71.8 Å². The van der Waals surface area contributed by atoms with Crippen LogP contribution in [0.1, 0.15) is 98.1 Å². The summed E-state index contributed by atoms with van der Waals surface area (Å²) >= 11 is 0. The number of rotatable bonds is 27. The average Bonchev–Trinajstić information content (AvgIpc) is 3.20. The molecule has 336 valence electrons. The third kappa shape index (κ3) is 19.1. The molecule has 0 aliphatic carbocycles. The normalized spacial score (nSPS) is 14.1. The van der Waals surface area contributed by atoms with Crippen molar-refractivity contribution in [1.29, 1.82) is 0 Å². The number of unbranched alkanes of at least 4 members (excludes halogenated alkanes) is 1. The minimum absolute atomic E-state index is 0.0316.